The fourth-order valence-corrected chi connectivity index (χ4v) is 2.08. The van der Waals surface area contributed by atoms with Crippen LogP contribution in [-0.4, -0.2) is 18.3 Å². The van der Waals surface area contributed by atoms with Crippen molar-refractivity contribution in [2.45, 2.75) is 64.7 Å². The van der Waals surface area contributed by atoms with Gasteiger partial charge in [-0.1, -0.05) is 56.2 Å². The molecule has 0 saturated carbocycles. The minimum atomic E-state index is -0.240. The highest BCUT2D eigenvalue weighted by molar-refractivity contribution is 6.63. The fourth-order valence-electron chi connectivity index (χ4n) is 1.95. The van der Waals surface area contributed by atoms with E-state index in [9.17, 15) is 4.79 Å². The summed E-state index contributed by atoms with van der Waals surface area (Å²) >= 11 is 5.26. The third kappa shape index (κ3) is 19.1. The van der Waals surface area contributed by atoms with Crippen LogP contribution in [0.2, 0.25) is 0 Å². The maximum atomic E-state index is 10.5. The van der Waals surface area contributed by atoms with Gasteiger partial charge in [0.05, 0.1) is 0 Å². The molecule has 0 heterocycles. The Balaban J connectivity index is 3.30. The molecule has 0 aliphatic carbocycles. The zero-order valence-electron chi connectivity index (χ0n) is 14.0. The first-order chi connectivity index (χ1) is 10.8. The largest absolute Gasteiger partial charge is 0.316 e. The average molecular weight is 326 g/mol. The molecule has 0 spiro atoms. The summed E-state index contributed by atoms with van der Waals surface area (Å²) < 4.78 is 0. The Labute approximate surface area is 141 Å². The van der Waals surface area contributed by atoms with Crippen molar-refractivity contribution in [3.05, 3.63) is 36.5 Å². The second kappa shape index (κ2) is 18.2. The van der Waals surface area contributed by atoms with Crippen LogP contribution in [0.25, 0.3) is 0 Å². The summed E-state index contributed by atoms with van der Waals surface area (Å²) in [5, 5.41) is 3.22. The van der Waals surface area contributed by atoms with Gasteiger partial charge in [-0.05, 0) is 63.2 Å². The van der Waals surface area contributed by atoms with Gasteiger partial charge in [0.15, 0.2) is 0 Å². The number of nitrogens with one attached hydrogen (secondary N) is 1. The van der Waals surface area contributed by atoms with Gasteiger partial charge in [-0.3, -0.25) is 4.79 Å². The van der Waals surface area contributed by atoms with Crippen molar-refractivity contribution in [3.63, 3.8) is 0 Å². The molecule has 22 heavy (non-hydrogen) atoms. The summed E-state index contributed by atoms with van der Waals surface area (Å²) in [7, 11) is 0. The molecule has 0 aromatic carbocycles. The average Bonchev–Trinajstić information content (AvgIpc) is 2.50. The highest BCUT2D eigenvalue weighted by Crippen LogP contribution is 2.01. The Morgan fingerprint density at radius 3 is 2.14 bits per heavy atom. The van der Waals surface area contributed by atoms with E-state index in [1.165, 1.54) is 19.3 Å². The highest BCUT2D eigenvalue weighted by Gasteiger charge is 1.92. The molecule has 0 aliphatic heterocycles. The topological polar surface area (TPSA) is 29.1 Å². The number of carbonyl (C=O) groups excluding carboxylic acids is 1. The standard InChI is InChI=1S/C19H32ClNO/c1-2-3-14-17-21-18-15-12-10-8-6-4-5-7-9-11-13-16-19(20)22/h4,6-7,9-10,12,21H,2-3,5,8,11,13-18H2,1H3/b6-4-,9-7-,12-10-. The number of allylic oxidation sites excluding steroid dienone is 5. The minimum Gasteiger partial charge on any atom is -0.316 e. The zero-order valence-corrected chi connectivity index (χ0v) is 14.8. The number of hydrogen-bond donors (Lipinski definition) is 1. The molecule has 0 unspecified atom stereocenters. The summed E-state index contributed by atoms with van der Waals surface area (Å²) in [6.45, 7) is 4.46. The van der Waals surface area contributed by atoms with Crippen molar-refractivity contribution in [1.29, 1.82) is 0 Å². The van der Waals surface area contributed by atoms with Gasteiger partial charge >= 0.3 is 0 Å². The lowest BCUT2D eigenvalue weighted by Crippen LogP contribution is -2.15. The maximum Gasteiger partial charge on any atom is 0.221 e. The number of halogens is 1. The van der Waals surface area contributed by atoms with Crippen molar-refractivity contribution >= 4 is 16.8 Å². The second-order valence-electron chi connectivity index (χ2n) is 5.38. The van der Waals surface area contributed by atoms with Crippen molar-refractivity contribution in [2.75, 3.05) is 13.1 Å². The predicted octanol–water partition coefficient (Wildman–Crippen LogP) is 5.54. The second-order valence-corrected chi connectivity index (χ2v) is 5.80. The quantitative estimate of drug-likeness (QED) is 0.243. The van der Waals surface area contributed by atoms with Gasteiger partial charge in [-0.2, -0.15) is 0 Å². The molecular formula is C19H32ClNO. The maximum absolute atomic E-state index is 10.5. The van der Waals surface area contributed by atoms with E-state index in [4.69, 9.17) is 11.6 Å². The molecule has 0 rings (SSSR count). The van der Waals surface area contributed by atoms with Crippen LogP contribution in [0, 0.1) is 0 Å². The molecule has 3 heteroatoms. The molecule has 0 aliphatic rings. The van der Waals surface area contributed by atoms with E-state index in [1.54, 1.807) is 0 Å². The Hall–Kier alpha value is -0.860. The zero-order chi connectivity index (χ0) is 16.3. The van der Waals surface area contributed by atoms with Crippen LogP contribution < -0.4 is 5.32 Å². The first-order valence-corrected chi connectivity index (χ1v) is 8.99. The van der Waals surface area contributed by atoms with Gasteiger partial charge in [0, 0.05) is 6.42 Å². The summed E-state index contributed by atoms with van der Waals surface area (Å²) in [5.74, 6) is 0. The number of carbonyl (C=O) groups is 1. The van der Waals surface area contributed by atoms with Crippen LogP contribution in [0.15, 0.2) is 36.5 Å². The molecular weight excluding hydrogens is 294 g/mol. The normalized spacial score (nSPS) is 12.1. The van der Waals surface area contributed by atoms with Crippen molar-refractivity contribution < 1.29 is 4.79 Å². The SMILES string of the molecule is CCCCCNCC/C=C\C/C=C\C/C=C\CCCC(=O)Cl. The molecule has 0 aromatic rings. The molecule has 0 atom stereocenters. The van der Waals surface area contributed by atoms with Crippen LogP contribution in [-0.2, 0) is 4.79 Å². The minimum absolute atomic E-state index is 0.240. The molecule has 0 aromatic heterocycles. The third-order valence-electron chi connectivity index (χ3n) is 3.23. The van der Waals surface area contributed by atoms with E-state index < -0.39 is 0 Å². The number of hydrogen-bond acceptors (Lipinski definition) is 2. The van der Waals surface area contributed by atoms with E-state index in [2.05, 4.69) is 48.7 Å². The monoisotopic (exact) mass is 325 g/mol. The van der Waals surface area contributed by atoms with Gasteiger partial charge in [0.25, 0.3) is 0 Å². The first-order valence-electron chi connectivity index (χ1n) is 8.61. The van der Waals surface area contributed by atoms with Gasteiger partial charge in [-0.15, -0.1) is 0 Å². The van der Waals surface area contributed by atoms with Gasteiger partial charge < -0.3 is 5.32 Å². The van der Waals surface area contributed by atoms with Crippen LogP contribution in [0.1, 0.15) is 64.7 Å². The summed E-state index contributed by atoms with van der Waals surface area (Å²) in [5.41, 5.74) is 0. The summed E-state index contributed by atoms with van der Waals surface area (Å²) in [6.07, 6.45) is 22.3. The lowest BCUT2D eigenvalue weighted by molar-refractivity contribution is -0.111. The van der Waals surface area contributed by atoms with Crippen LogP contribution in [0.5, 0.6) is 0 Å². The van der Waals surface area contributed by atoms with Crippen molar-refractivity contribution in [1.82, 2.24) is 5.32 Å². The summed E-state index contributed by atoms with van der Waals surface area (Å²) in [6, 6.07) is 0. The van der Waals surface area contributed by atoms with E-state index in [-0.39, 0.29) is 5.24 Å². The Kier molecular flexibility index (Phi) is 17.5. The van der Waals surface area contributed by atoms with Gasteiger partial charge in [0.1, 0.15) is 0 Å². The van der Waals surface area contributed by atoms with E-state index in [0.717, 1.165) is 45.2 Å². The van der Waals surface area contributed by atoms with E-state index in [1.807, 2.05) is 0 Å². The van der Waals surface area contributed by atoms with Crippen molar-refractivity contribution in [3.8, 4) is 0 Å². The molecule has 0 amide bonds. The summed E-state index contributed by atoms with van der Waals surface area (Å²) in [4.78, 5) is 10.5. The molecule has 2 nitrogen and oxygen atoms in total. The molecule has 0 radical (unpaired) electrons. The van der Waals surface area contributed by atoms with Gasteiger partial charge in [-0.25, -0.2) is 0 Å². The smallest absolute Gasteiger partial charge is 0.221 e. The number of rotatable bonds is 15. The van der Waals surface area contributed by atoms with Crippen LogP contribution in [0.3, 0.4) is 0 Å². The van der Waals surface area contributed by atoms with Crippen LogP contribution in [0.4, 0.5) is 0 Å². The molecule has 0 bridgehead atoms. The lowest BCUT2D eigenvalue weighted by Gasteiger charge is -2.00. The van der Waals surface area contributed by atoms with E-state index in [0.29, 0.717) is 6.42 Å². The Bertz CT molecular complexity index is 334. The van der Waals surface area contributed by atoms with Crippen molar-refractivity contribution in [2.24, 2.45) is 0 Å². The van der Waals surface area contributed by atoms with Gasteiger partial charge in [0.2, 0.25) is 5.24 Å². The highest BCUT2D eigenvalue weighted by atomic mass is 35.5. The number of unbranched alkanes of at least 4 members (excludes halogenated alkanes) is 3. The molecule has 0 fully saturated rings. The lowest BCUT2D eigenvalue weighted by atomic mass is 10.2. The first kappa shape index (κ1) is 21.1. The predicted molar refractivity (Wildman–Crippen MR) is 98.4 cm³/mol. The third-order valence-corrected chi connectivity index (χ3v) is 3.42. The Morgan fingerprint density at radius 2 is 1.50 bits per heavy atom. The molecule has 1 N–H and O–H groups in total. The van der Waals surface area contributed by atoms with Crippen LogP contribution >= 0.6 is 11.6 Å². The molecule has 0 saturated heterocycles. The van der Waals surface area contributed by atoms with E-state index >= 15 is 0 Å². The Morgan fingerprint density at radius 1 is 0.864 bits per heavy atom. The fraction of sp³-hybridized carbons (Fsp3) is 0.632. The molecule has 126 valence electrons.